The van der Waals surface area contributed by atoms with E-state index in [1.807, 2.05) is 11.5 Å². The van der Waals surface area contributed by atoms with Gasteiger partial charge in [0.05, 0.1) is 24.5 Å². The maximum absolute atomic E-state index is 13.4. The van der Waals surface area contributed by atoms with Crippen molar-refractivity contribution < 1.29 is 9.53 Å². The first-order chi connectivity index (χ1) is 18.8. The Balaban J connectivity index is 1.67. The maximum Gasteiger partial charge on any atom is 0.147 e. The normalized spacial score (nSPS) is 25.5. The van der Waals surface area contributed by atoms with Crippen LogP contribution in [0.2, 0.25) is 0 Å². The van der Waals surface area contributed by atoms with E-state index in [-0.39, 0.29) is 23.9 Å². The van der Waals surface area contributed by atoms with Crippen molar-refractivity contribution in [1.82, 2.24) is 18.9 Å². The molecular formula is C32H42N4O2S. The number of carbonyl (C=O) groups excluding carboxylic acids is 1. The quantitative estimate of drug-likeness (QED) is 0.376. The van der Waals surface area contributed by atoms with Gasteiger partial charge in [0.15, 0.2) is 0 Å². The second-order valence-electron chi connectivity index (χ2n) is 12.0. The third-order valence-corrected chi connectivity index (χ3v) is 10.1. The van der Waals surface area contributed by atoms with Gasteiger partial charge in [-0.25, -0.2) is 5.01 Å². The second kappa shape index (κ2) is 10.6. The standard InChI is InChI=1S/C32H42N4O2S/c1-20-10-9-13-27-31-29(24-11-7-6-8-12-24)26-15-14-23-16-28(26)35(31)18-25(19-38-32(20)27)30(21(2)37)33(4)22(3)34(5)36(39)17-23/h9-10,13-16,22,24-25,30,39H,6-8,11-12,17-19H2,1-5H3/t22?,25-,30?/m0/s1. The molecule has 0 amide bonds. The topological polar surface area (TPSA) is 41.0 Å². The smallest absolute Gasteiger partial charge is 0.147 e. The average Bonchev–Trinajstić information content (AvgIpc) is 3.22. The minimum atomic E-state index is -0.291. The first kappa shape index (κ1) is 26.9. The van der Waals surface area contributed by atoms with Crippen molar-refractivity contribution in [3.05, 3.63) is 53.1 Å². The summed E-state index contributed by atoms with van der Waals surface area (Å²) in [7, 11) is 4.11. The SMILES string of the molecule is CC(=O)C1[C@@H]2COc3c(C)cccc3-c3c(C4CCCCC4)c4ccc(cc4n3C2)CN(S)N(C)C(C)N1C. The van der Waals surface area contributed by atoms with E-state index in [1.165, 1.54) is 65.4 Å². The monoisotopic (exact) mass is 546 g/mol. The summed E-state index contributed by atoms with van der Waals surface area (Å²) >= 11 is 4.88. The van der Waals surface area contributed by atoms with Crippen LogP contribution in [0.1, 0.15) is 68.6 Å². The van der Waals surface area contributed by atoms with Gasteiger partial charge in [0.25, 0.3) is 0 Å². The number of rotatable bonds is 2. The summed E-state index contributed by atoms with van der Waals surface area (Å²) in [5, 5.41) is 3.47. The van der Waals surface area contributed by atoms with E-state index in [4.69, 9.17) is 17.6 Å². The Morgan fingerprint density at radius 2 is 1.85 bits per heavy atom. The summed E-state index contributed by atoms with van der Waals surface area (Å²) in [6.07, 6.45) is 6.32. The van der Waals surface area contributed by atoms with E-state index >= 15 is 0 Å². The van der Waals surface area contributed by atoms with Gasteiger partial charge < -0.3 is 9.30 Å². The summed E-state index contributed by atoms with van der Waals surface area (Å²) < 4.78 is 11.2. The van der Waals surface area contributed by atoms with Crippen LogP contribution in [-0.2, 0) is 17.9 Å². The number of hydrogen-bond acceptors (Lipinski definition) is 6. The Morgan fingerprint density at radius 1 is 1.08 bits per heavy atom. The number of benzene rings is 2. The first-order valence-corrected chi connectivity index (χ1v) is 15.0. The molecule has 7 heteroatoms. The Kier molecular flexibility index (Phi) is 7.29. The molecule has 0 spiro atoms. The van der Waals surface area contributed by atoms with E-state index < -0.39 is 0 Å². The number of aromatic nitrogens is 1. The molecule has 0 saturated heterocycles. The number of aryl methyl sites for hydroxylation is 1. The number of ether oxygens (including phenoxy) is 1. The Labute approximate surface area is 238 Å². The fourth-order valence-electron chi connectivity index (χ4n) is 7.42. The van der Waals surface area contributed by atoms with Gasteiger partial charge in [-0.15, -0.1) is 0 Å². The number of hydrogen-bond donors (Lipinski definition) is 1. The van der Waals surface area contributed by atoms with Gasteiger partial charge in [0.2, 0.25) is 0 Å². The Hall–Kier alpha value is -2.32. The van der Waals surface area contributed by atoms with Gasteiger partial charge in [0, 0.05) is 42.5 Å². The van der Waals surface area contributed by atoms with Crippen LogP contribution in [0.4, 0.5) is 0 Å². The highest BCUT2D eigenvalue weighted by Gasteiger charge is 2.38. The van der Waals surface area contributed by atoms with Gasteiger partial charge >= 0.3 is 0 Å². The fraction of sp³-hybridized carbons (Fsp3) is 0.531. The number of carbonyl (C=O) groups is 1. The number of para-hydroxylation sites is 1. The van der Waals surface area contributed by atoms with Crippen molar-refractivity contribution in [2.75, 3.05) is 20.7 Å². The van der Waals surface area contributed by atoms with Crippen molar-refractivity contribution in [3.8, 4) is 17.0 Å². The Bertz CT molecular complexity index is 1390. The molecule has 208 valence electrons. The third kappa shape index (κ3) is 4.61. The zero-order valence-electron chi connectivity index (χ0n) is 24.0. The molecular weight excluding hydrogens is 504 g/mol. The molecule has 3 aromatic rings. The molecule has 39 heavy (non-hydrogen) atoms. The number of Topliss-reactive ketones (excluding diaryl/α,β-unsaturated/α-hetero) is 1. The summed E-state index contributed by atoms with van der Waals surface area (Å²) in [6, 6.07) is 13.3. The molecule has 2 unspecified atom stereocenters. The fourth-order valence-corrected chi connectivity index (χ4v) is 7.73. The van der Waals surface area contributed by atoms with E-state index in [0.29, 0.717) is 19.1 Å². The molecule has 0 radical (unpaired) electrons. The Morgan fingerprint density at radius 3 is 2.59 bits per heavy atom. The molecule has 6 rings (SSSR count). The number of nitrogens with zero attached hydrogens (tertiary/aromatic N) is 4. The lowest BCUT2D eigenvalue weighted by Crippen LogP contribution is -2.56. The van der Waals surface area contributed by atoms with Crippen LogP contribution in [0.5, 0.6) is 5.75 Å². The minimum Gasteiger partial charge on any atom is -0.492 e. The maximum atomic E-state index is 13.4. The summed E-state index contributed by atoms with van der Waals surface area (Å²) in [5.41, 5.74) is 7.61. The average molecular weight is 547 g/mol. The number of fused-ring (bicyclic) bond motifs is 4. The van der Waals surface area contributed by atoms with Crippen LogP contribution < -0.4 is 4.74 Å². The first-order valence-electron chi connectivity index (χ1n) is 14.6. The summed E-state index contributed by atoms with van der Waals surface area (Å²) in [4.78, 5) is 15.6. The highest BCUT2D eigenvalue weighted by molar-refractivity contribution is 7.77. The molecule has 6 nitrogen and oxygen atoms in total. The molecule has 1 saturated carbocycles. The molecule has 1 fully saturated rings. The van der Waals surface area contributed by atoms with Crippen molar-refractivity contribution in [1.29, 1.82) is 0 Å². The van der Waals surface area contributed by atoms with Crippen LogP contribution in [0.3, 0.4) is 0 Å². The van der Waals surface area contributed by atoms with Crippen molar-refractivity contribution in [2.45, 2.75) is 84.1 Å². The molecule has 2 aromatic carbocycles. The van der Waals surface area contributed by atoms with Gasteiger partial charge in [-0.3, -0.25) is 9.69 Å². The zero-order valence-corrected chi connectivity index (χ0v) is 24.9. The van der Waals surface area contributed by atoms with Crippen molar-refractivity contribution in [2.24, 2.45) is 5.92 Å². The molecule has 3 aliphatic rings. The van der Waals surface area contributed by atoms with Gasteiger partial charge in [-0.05, 0) is 75.4 Å². The van der Waals surface area contributed by atoms with E-state index in [9.17, 15) is 4.79 Å². The predicted octanol–water partition coefficient (Wildman–Crippen LogP) is 6.42. The van der Waals surface area contributed by atoms with Crippen molar-refractivity contribution >= 4 is 29.5 Å². The molecule has 3 heterocycles. The summed E-state index contributed by atoms with van der Waals surface area (Å²) in [6.45, 7) is 7.93. The minimum absolute atomic E-state index is 0.0129. The van der Waals surface area contributed by atoms with Gasteiger partial charge in [0.1, 0.15) is 11.5 Å². The predicted molar refractivity (Wildman–Crippen MR) is 161 cm³/mol. The molecule has 4 bridgehead atoms. The van der Waals surface area contributed by atoms with E-state index in [2.05, 4.69) is 71.8 Å². The lowest BCUT2D eigenvalue weighted by molar-refractivity contribution is -0.129. The third-order valence-electron chi connectivity index (χ3n) is 9.63. The molecule has 1 aromatic heterocycles. The zero-order chi connectivity index (χ0) is 27.4. The highest BCUT2D eigenvalue weighted by atomic mass is 32.1. The lowest BCUT2D eigenvalue weighted by atomic mass is 9.81. The molecule has 2 aliphatic heterocycles. The van der Waals surface area contributed by atoms with Gasteiger partial charge in [-0.2, -0.15) is 4.41 Å². The number of ketones is 1. The van der Waals surface area contributed by atoms with Crippen LogP contribution in [0, 0.1) is 12.8 Å². The van der Waals surface area contributed by atoms with E-state index in [1.54, 1.807) is 6.92 Å². The van der Waals surface area contributed by atoms with E-state index in [0.717, 1.165) is 17.9 Å². The number of hydrazine groups is 1. The second-order valence-corrected chi connectivity index (χ2v) is 12.5. The molecule has 1 aliphatic carbocycles. The lowest BCUT2D eigenvalue weighted by Gasteiger charge is -2.43. The van der Waals surface area contributed by atoms with Gasteiger partial charge in [-0.1, -0.05) is 56.3 Å². The number of likely N-dealkylation sites (N-methyl/N-ethyl adjacent to an activating group) is 1. The highest BCUT2D eigenvalue weighted by Crippen LogP contribution is 2.48. The van der Waals surface area contributed by atoms with Crippen LogP contribution >= 0.6 is 12.8 Å². The molecule has 0 N–H and O–H groups in total. The van der Waals surface area contributed by atoms with Crippen LogP contribution in [0.15, 0.2) is 36.4 Å². The van der Waals surface area contributed by atoms with Crippen LogP contribution in [-0.4, -0.2) is 57.6 Å². The molecule has 3 atom stereocenters. The number of thiol groups is 1. The summed E-state index contributed by atoms with van der Waals surface area (Å²) in [5.74, 6) is 1.66. The largest absolute Gasteiger partial charge is 0.492 e. The van der Waals surface area contributed by atoms with Crippen LogP contribution in [0.25, 0.3) is 22.2 Å². The van der Waals surface area contributed by atoms with Crippen molar-refractivity contribution in [3.63, 3.8) is 0 Å².